The number of nitrogens with zero attached hydrogens (tertiary/aromatic N) is 1. The molecule has 0 saturated heterocycles. The van der Waals surface area contributed by atoms with Gasteiger partial charge in [0.2, 0.25) is 20.0 Å². The fourth-order valence-corrected chi connectivity index (χ4v) is 4.73. The first-order chi connectivity index (χ1) is 15.4. The van der Waals surface area contributed by atoms with Gasteiger partial charge in [-0.15, -0.1) is 6.58 Å². The largest absolute Gasteiger partial charge is 0.452 e. The van der Waals surface area contributed by atoms with Crippen molar-refractivity contribution in [3.63, 3.8) is 0 Å². The Labute approximate surface area is 193 Å². The highest BCUT2D eigenvalue weighted by atomic mass is 32.2. The molecule has 178 valence electrons. The van der Waals surface area contributed by atoms with Crippen LogP contribution in [0.3, 0.4) is 0 Å². The van der Waals surface area contributed by atoms with Crippen molar-refractivity contribution in [1.29, 1.82) is 0 Å². The average Bonchev–Trinajstić information content (AvgIpc) is 2.77. The van der Waals surface area contributed by atoms with Crippen molar-refractivity contribution in [2.75, 3.05) is 32.6 Å². The van der Waals surface area contributed by atoms with E-state index in [-0.39, 0.29) is 27.6 Å². The van der Waals surface area contributed by atoms with Gasteiger partial charge >= 0.3 is 5.97 Å². The number of sulfonamides is 2. The second-order valence-electron chi connectivity index (χ2n) is 7.06. The van der Waals surface area contributed by atoms with E-state index >= 15 is 0 Å². The van der Waals surface area contributed by atoms with E-state index in [9.17, 15) is 26.4 Å². The quantitative estimate of drug-likeness (QED) is 0.376. The van der Waals surface area contributed by atoms with Gasteiger partial charge in [0, 0.05) is 26.3 Å². The van der Waals surface area contributed by atoms with Crippen molar-refractivity contribution in [3.05, 3.63) is 66.2 Å². The fraction of sp³-hybridized carbons (Fsp3) is 0.238. The zero-order valence-electron chi connectivity index (χ0n) is 18.4. The van der Waals surface area contributed by atoms with E-state index in [2.05, 4.69) is 16.6 Å². The van der Waals surface area contributed by atoms with E-state index in [1.165, 1.54) is 56.6 Å². The monoisotopic (exact) mass is 495 g/mol. The summed E-state index contributed by atoms with van der Waals surface area (Å²) in [7, 11) is -4.63. The number of rotatable bonds is 10. The van der Waals surface area contributed by atoms with Gasteiger partial charge in [0.15, 0.2) is 6.61 Å². The Morgan fingerprint density at radius 2 is 1.70 bits per heavy atom. The Morgan fingerprint density at radius 1 is 1.06 bits per heavy atom. The maximum absolute atomic E-state index is 12.4. The van der Waals surface area contributed by atoms with Gasteiger partial charge < -0.3 is 10.1 Å². The van der Waals surface area contributed by atoms with Crippen LogP contribution in [0, 0.1) is 6.92 Å². The minimum absolute atomic E-state index is 0.0403. The Balaban J connectivity index is 2.01. The van der Waals surface area contributed by atoms with Gasteiger partial charge in [-0.25, -0.2) is 30.7 Å². The molecule has 2 aromatic carbocycles. The van der Waals surface area contributed by atoms with Crippen LogP contribution in [0.15, 0.2) is 64.9 Å². The van der Waals surface area contributed by atoms with Crippen LogP contribution < -0.4 is 10.0 Å². The fourth-order valence-electron chi connectivity index (χ4n) is 2.59. The van der Waals surface area contributed by atoms with E-state index in [4.69, 9.17) is 4.74 Å². The van der Waals surface area contributed by atoms with Gasteiger partial charge in [0.05, 0.1) is 15.4 Å². The molecule has 33 heavy (non-hydrogen) atoms. The molecule has 2 rings (SSSR count). The molecule has 0 aliphatic heterocycles. The number of anilines is 1. The summed E-state index contributed by atoms with van der Waals surface area (Å²) < 4.78 is 57.2. The second kappa shape index (κ2) is 10.7. The summed E-state index contributed by atoms with van der Waals surface area (Å²) in [6.45, 7) is 4.51. The molecule has 0 aromatic heterocycles. The molecule has 0 aliphatic carbocycles. The van der Waals surface area contributed by atoms with Crippen molar-refractivity contribution >= 4 is 37.6 Å². The summed E-state index contributed by atoms with van der Waals surface area (Å²) in [6.07, 6.45) is 1.40. The van der Waals surface area contributed by atoms with Crippen molar-refractivity contribution in [2.45, 2.75) is 16.7 Å². The molecule has 12 heteroatoms. The molecule has 0 heterocycles. The van der Waals surface area contributed by atoms with Gasteiger partial charge in [-0.2, -0.15) is 0 Å². The molecule has 1 amide bonds. The first-order valence-electron chi connectivity index (χ1n) is 9.59. The standard InChI is InChI=1S/C21H25N3O7S2/c1-5-12-22-32(27,28)18-10-7-16(8-11-18)21(26)31-14-20(25)23-17-9-6-15(2)19(13-17)33(29,30)24(3)4/h5-11,13,22H,1,12,14H2,2-4H3,(H,23,25). The molecule has 2 N–H and O–H groups in total. The van der Waals surface area contributed by atoms with Crippen molar-refractivity contribution in [3.8, 4) is 0 Å². The molecule has 0 radical (unpaired) electrons. The SMILES string of the molecule is C=CCNS(=O)(=O)c1ccc(C(=O)OCC(=O)Nc2ccc(C)c(S(=O)(=O)N(C)C)c2)cc1. The highest BCUT2D eigenvalue weighted by molar-refractivity contribution is 7.89. The van der Waals surface area contributed by atoms with Crippen LogP contribution in [0.4, 0.5) is 5.69 Å². The average molecular weight is 496 g/mol. The first kappa shape index (κ1) is 26.2. The van der Waals surface area contributed by atoms with Gasteiger partial charge in [0.25, 0.3) is 5.91 Å². The van der Waals surface area contributed by atoms with Gasteiger partial charge in [-0.3, -0.25) is 4.79 Å². The third-order valence-electron chi connectivity index (χ3n) is 4.38. The first-order valence-corrected chi connectivity index (χ1v) is 12.5. The molecule has 2 aromatic rings. The molecule has 0 aliphatic rings. The number of amides is 1. The van der Waals surface area contributed by atoms with Gasteiger partial charge in [-0.1, -0.05) is 12.1 Å². The number of hydrogen-bond donors (Lipinski definition) is 2. The Hall–Kier alpha value is -3.06. The molecule has 0 bridgehead atoms. The summed E-state index contributed by atoms with van der Waals surface area (Å²) in [5.74, 6) is -1.50. The lowest BCUT2D eigenvalue weighted by Crippen LogP contribution is -2.24. The van der Waals surface area contributed by atoms with Crippen LogP contribution in [-0.2, 0) is 29.6 Å². The minimum atomic E-state index is -3.73. The van der Waals surface area contributed by atoms with Crippen molar-refractivity contribution in [1.82, 2.24) is 9.03 Å². The summed E-state index contributed by atoms with van der Waals surface area (Å²) in [5, 5.41) is 2.48. The van der Waals surface area contributed by atoms with E-state index in [1.54, 1.807) is 13.0 Å². The molecule has 10 nitrogen and oxygen atoms in total. The zero-order chi connectivity index (χ0) is 24.8. The summed E-state index contributed by atoms with van der Waals surface area (Å²) in [4.78, 5) is 24.3. The number of ether oxygens (including phenoxy) is 1. The summed E-state index contributed by atoms with van der Waals surface area (Å²) in [5.41, 5.74) is 0.794. The second-order valence-corrected chi connectivity index (χ2v) is 10.9. The molecular weight excluding hydrogens is 470 g/mol. The topological polar surface area (TPSA) is 139 Å². The number of hydrogen-bond acceptors (Lipinski definition) is 7. The molecular formula is C21H25N3O7S2. The third kappa shape index (κ3) is 6.71. The molecule has 0 unspecified atom stereocenters. The molecule has 0 fully saturated rings. The number of esters is 1. The lowest BCUT2D eigenvalue weighted by atomic mass is 10.2. The highest BCUT2D eigenvalue weighted by Crippen LogP contribution is 2.22. The Kier molecular flexibility index (Phi) is 8.50. The van der Waals surface area contributed by atoms with E-state index < -0.39 is 38.5 Å². The lowest BCUT2D eigenvalue weighted by molar-refractivity contribution is -0.119. The highest BCUT2D eigenvalue weighted by Gasteiger charge is 2.21. The number of benzene rings is 2. The Bertz CT molecular complexity index is 1250. The predicted molar refractivity (Wildman–Crippen MR) is 123 cm³/mol. The van der Waals surface area contributed by atoms with Crippen LogP contribution in [0.1, 0.15) is 15.9 Å². The number of carbonyl (C=O) groups is 2. The maximum atomic E-state index is 12.4. The van der Waals surface area contributed by atoms with Crippen LogP contribution in [0.25, 0.3) is 0 Å². The summed E-state index contributed by atoms with van der Waals surface area (Å²) >= 11 is 0. The third-order valence-corrected chi connectivity index (χ3v) is 7.78. The van der Waals surface area contributed by atoms with E-state index in [0.717, 1.165) is 4.31 Å². The maximum Gasteiger partial charge on any atom is 0.338 e. The van der Waals surface area contributed by atoms with Crippen LogP contribution >= 0.6 is 0 Å². The van der Waals surface area contributed by atoms with Crippen molar-refractivity contribution in [2.24, 2.45) is 0 Å². The van der Waals surface area contributed by atoms with Crippen molar-refractivity contribution < 1.29 is 31.2 Å². The predicted octanol–water partition coefficient (Wildman–Crippen LogP) is 1.51. The minimum Gasteiger partial charge on any atom is -0.452 e. The van der Waals surface area contributed by atoms with Crippen LogP contribution in [-0.4, -0.2) is 60.3 Å². The van der Waals surface area contributed by atoms with Crippen LogP contribution in [0.5, 0.6) is 0 Å². The normalized spacial score (nSPS) is 11.8. The smallest absolute Gasteiger partial charge is 0.338 e. The number of aryl methyl sites for hydroxylation is 1. The summed E-state index contributed by atoms with van der Waals surface area (Å²) in [6, 6.07) is 9.41. The van der Waals surface area contributed by atoms with E-state index in [0.29, 0.717) is 5.56 Å². The molecule has 0 atom stereocenters. The molecule has 0 spiro atoms. The zero-order valence-corrected chi connectivity index (χ0v) is 20.0. The Morgan fingerprint density at radius 3 is 2.27 bits per heavy atom. The van der Waals surface area contributed by atoms with Crippen LogP contribution in [0.2, 0.25) is 0 Å². The van der Waals surface area contributed by atoms with E-state index in [1.807, 2.05) is 0 Å². The van der Waals surface area contributed by atoms with Gasteiger partial charge in [0.1, 0.15) is 0 Å². The number of carbonyl (C=O) groups excluding carboxylic acids is 2. The molecule has 0 saturated carbocycles. The number of nitrogens with one attached hydrogen (secondary N) is 2. The van der Waals surface area contributed by atoms with Gasteiger partial charge in [-0.05, 0) is 48.9 Å². The lowest BCUT2D eigenvalue weighted by Gasteiger charge is -2.15.